The van der Waals surface area contributed by atoms with E-state index in [0.29, 0.717) is 5.82 Å². The molecule has 0 fully saturated rings. The van der Waals surface area contributed by atoms with Crippen LogP contribution in [0, 0.1) is 11.3 Å². The molecule has 0 rings (SSSR count). The molecule has 3 heteroatoms. The van der Waals surface area contributed by atoms with Gasteiger partial charge < -0.3 is 11.1 Å². The second-order valence-corrected chi connectivity index (χ2v) is 0.979. The van der Waals surface area contributed by atoms with Crippen LogP contribution < -0.4 is 11.1 Å². The molecule has 0 aliphatic rings. The molecule has 38 valence electrons. The molecule has 0 aliphatic carbocycles. The Balaban J connectivity index is 3.56. The van der Waals surface area contributed by atoms with E-state index in [2.05, 4.69) is 5.32 Å². The summed E-state index contributed by atoms with van der Waals surface area (Å²) in [5, 5.41) is 10.5. The number of hydrogen-bond acceptors (Lipinski definition) is 3. The first kappa shape index (κ1) is 5.83. The number of allylic oxidation sites excluding steroid dienone is 1. The second kappa shape index (κ2) is 3.04. The summed E-state index contributed by atoms with van der Waals surface area (Å²) in [4.78, 5) is 0. The summed E-state index contributed by atoms with van der Waals surface area (Å²) >= 11 is 0. The first-order chi connectivity index (χ1) is 3.31. The van der Waals surface area contributed by atoms with Crippen LogP contribution in [0.25, 0.3) is 0 Å². The fourth-order valence-corrected chi connectivity index (χ4v) is 0.142. The third kappa shape index (κ3) is 2.64. The van der Waals surface area contributed by atoms with Crippen molar-refractivity contribution in [3.05, 3.63) is 11.9 Å². The van der Waals surface area contributed by atoms with Crippen LogP contribution in [0.3, 0.4) is 0 Å². The minimum absolute atomic E-state index is 0.391. The molecule has 0 radical (unpaired) electrons. The smallest absolute Gasteiger partial charge is 0.106 e. The fourth-order valence-electron chi connectivity index (χ4n) is 0.142. The zero-order chi connectivity index (χ0) is 5.70. The van der Waals surface area contributed by atoms with Crippen LogP contribution >= 0.6 is 0 Å². The first-order valence-electron chi connectivity index (χ1n) is 1.84. The highest BCUT2D eigenvalue weighted by Gasteiger charge is 1.74. The number of nitrogens with zero attached hydrogens (tertiary/aromatic N) is 1. The van der Waals surface area contributed by atoms with Crippen molar-refractivity contribution in [3.63, 3.8) is 0 Å². The highest BCUT2D eigenvalue weighted by molar-refractivity contribution is 5.07. The van der Waals surface area contributed by atoms with Gasteiger partial charge in [0.2, 0.25) is 0 Å². The lowest BCUT2D eigenvalue weighted by Gasteiger charge is -1.90. The second-order valence-electron chi connectivity index (χ2n) is 0.979. The molecule has 3 N–H and O–H groups in total. The van der Waals surface area contributed by atoms with Crippen LogP contribution in [0.1, 0.15) is 0 Å². The Hall–Kier alpha value is -1.17. The summed E-state index contributed by atoms with van der Waals surface area (Å²) in [6.45, 7) is 0. The van der Waals surface area contributed by atoms with Gasteiger partial charge in [-0.2, -0.15) is 5.26 Å². The molecule has 0 bridgehead atoms. The molecule has 3 nitrogen and oxygen atoms in total. The third-order valence-corrected chi connectivity index (χ3v) is 0.509. The number of nitrogens with two attached hydrogens (primary N) is 1. The monoisotopic (exact) mass is 97.1 g/mol. The lowest BCUT2D eigenvalue weighted by Crippen LogP contribution is -2.13. The van der Waals surface area contributed by atoms with Crippen LogP contribution in [0.15, 0.2) is 11.9 Å². The summed E-state index contributed by atoms with van der Waals surface area (Å²) in [6, 6.07) is 1.77. The highest BCUT2D eigenvalue weighted by atomic mass is 14.9. The Morgan fingerprint density at radius 3 is 2.71 bits per heavy atom. The molecule has 0 unspecified atom stereocenters. The SMILES string of the molecule is CN/C(N)=C\C#N. The van der Waals surface area contributed by atoms with Gasteiger partial charge in [-0.3, -0.25) is 0 Å². The van der Waals surface area contributed by atoms with Gasteiger partial charge in [0.05, 0.1) is 12.1 Å². The Morgan fingerprint density at radius 2 is 2.57 bits per heavy atom. The van der Waals surface area contributed by atoms with Crippen molar-refractivity contribution >= 4 is 0 Å². The Bertz CT molecular complexity index is 109. The normalized spacial score (nSPS) is 10.0. The van der Waals surface area contributed by atoms with E-state index < -0.39 is 0 Å². The molecule has 0 saturated carbocycles. The predicted octanol–water partition coefficient (Wildman–Crippen LogP) is -0.471. The quantitative estimate of drug-likeness (QED) is 0.435. The largest absolute Gasteiger partial charge is 0.385 e. The Morgan fingerprint density at radius 1 is 2.00 bits per heavy atom. The van der Waals surface area contributed by atoms with Crippen molar-refractivity contribution in [2.45, 2.75) is 0 Å². The van der Waals surface area contributed by atoms with Gasteiger partial charge in [0.25, 0.3) is 0 Å². The highest BCUT2D eigenvalue weighted by Crippen LogP contribution is 1.67. The summed E-state index contributed by atoms with van der Waals surface area (Å²) in [5.41, 5.74) is 5.11. The molecule has 0 aromatic rings. The van der Waals surface area contributed by atoms with E-state index in [1.54, 1.807) is 13.1 Å². The van der Waals surface area contributed by atoms with Crippen molar-refractivity contribution in [2.24, 2.45) is 5.73 Å². The van der Waals surface area contributed by atoms with E-state index in [-0.39, 0.29) is 0 Å². The summed E-state index contributed by atoms with van der Waals surface area (Å²) in [6.07, 6.45) is 1.24. The zero-order valence-electron chi connectivity index (χ0n) is 4.10. The molecule has 0 aromatic carbocycles. The summed E-state index contributed by atoms with van der Waals surface area (Å²) < 4.78 is 0. The van der Waals surface area contributed by atoms with Crippen LogP contribution in [0.2, 0.25) is 0 Å². The van der Waals surface area contributed by atoms with Crippen molar-refractivity contribution < 1.29 is 0 Å². The van der Waals surface area contributed by atoms with Crippen LogP contribution in [-0.4, -0.2) is 7.05 Å². The number of rotatable bonds is 1. The van der Waals surface area contributed by atoms with Gasteiger partial charge in [-0.15, -0.1) is 0 Å². The molecule has 7 heavy (non-hydrogen) atoms. The predicted molar refractivity (Wildman–Crippen MR) is 26.9 cm³/mol. The maximum absolute atomic E-state index is 7.92. The van der Waals surface area contributed by atoms with Crippen molar-refractivity contribution in [3.8, 4) is 6.07 Å². The van der Waals surface area contributed by atoms with Crippen LogP contribution in [-0.2, 0) is 0 Å². The Kier molecular flexibility index (Phi) is 2.53. The Labute approximate surface area is 42.4 Å². The van der Waals surface area contributed by atoms with E-state index in [4.69, 9.17) is 11.0 Å². The summed E-state index contributed by atoms with van der Waals surface area (Å²) in [7, 11) is 1.66. The maximum atomic E-state index is 7.92. The minimum Gasteiger partial charge on any atom is -0.385 e. The lowest BCUT2D eigenvalue weighted by atomic mass is 10.6. The van der Waals surface area contributed by atoms with E-state index in [0.717, 1.165) is 0 Å². The van der Waals surface area contributed by atoms with Gasteiger partial charge >= 0.3 is 0 Å². The van der Waals surface area contributed by atoms with Gasteiger partial charge in [-0.05, 0) is 0 Å². The fraction of sp³-hybridized carbons (Fsp3) is 0.250. The van der Waals surface area contributed by atoms with Gasteiger partial charge in [-0.25, -0.2) is 0 Å². The average molecular weight is 97.1 g/mol. The molecule has 0 aliphatic heterocycles. The molecule has 0 heterocycles. The molecule has 0 aromatic heterocycles. The zero-order valence-corrected chi connectivity index (χ0v) is 4.10. The van der Waals surface area contributed by atoms with Crippen molar-refractivity contribution in [1.82, 2.24) is 5.32 Å². The minimum atomic E-state index is 0.391. The van der Waals surface area contributed by atoms with E-state index in [1.165, 1.54) is 6.08 Å². The molecule has 0 saturated heterocycles. The maximum Gasteiger partial charge on any atom is 0.106 e. The van der Waals surface area contributed by atoms with Gasteiger partial charge in [0.15, 0.2) is 0 Å². The number of hydrogen-bond donors (Lipinski definition) is 2. The summed E-state index contributed by atoms with van der Waals surface area (Å²) in [5.74, 6) is 0.391. The van der Waals surface area contributed by atoms with E-state index in [1.807, 2.05) is 0 Å². The first-order valence-corrected chi connectivity index (χ1v) is 1.84. The molecule has 0 amide bonds. The van der Waals surface area contributed by atoms with E-state index >= 15 is 0 Å². The molecule has 0 spiro atoms. The molecule has 0 atom stereocenters. The van der Waals surface area contributed by atoms with E-state index in [9.17, 15) is 0 Å². The molecular formula is C4H7N3. The molecular weight excluding hydrogens is 90.1 g/mol. The van der Waals surface area contributed by atoms with Gasteiger partial charge in [-0.1, -0.05) is 0 Å². The van der Waals surface area contributed by atoms with Gasteiger partial charge in [0, 0.05) is 7.05 Å². The average Bonchev–Trinajstić information content (AvgIpc) is 1.68. The van der Waals surface area contributed by atoms with Crippen LogP contribution in [0.5, 0.6) is 0 Å². The van der Waals surface area contributed by atoms with Crippen LogP contribution in [0.4, 0.5) is 0 Å². The lowest BCUT2D eigenvalue weighted by molar-refractivity contribution is 0.966. The van der Waals surface area contributed by atoms with Gasteiger partial charge in [0.1, 0.15) is 5.82 Å². The third-order valence-electron chi connectivity index (χ3n) is 0.509. The number of nitrogens with one attached hydrogen (secondary N) is 1. The number of nitriles is 1. The van der Waals surface area contributed by atoms with Crippen molar-refractivity contribution in [2.75, 3.05) is 7.05 Å². The van der Waals surface area contributed by atoms with Crippen molar-refractivity contribution in [1.29, 1.82) is 5.26 Å². The topological polar surface area (TPSA) is 61.8 Å². The standard InChI is InChI=1S/C4H7N3/c1-7-4(6)2-3-5/h2,7H,6H2,1H3/b4-2-.